The molecule has 1 rings (SSSR count). The molecular weight excluding hydrogens is 324 g/mol. The molecule has 0 saturated heterocycles. The maximum absolute atomic E-state index is 11.7. The van der Waals surface area contributed by atoms with Crippen LogP contribution in [0, 0.1) is 0 Å². The van der Waals surface area contributed by atoms with Gasteiger partial charge in [0.25, 0.3) is 0 Å². The lowest BCUT2D eigenvalue weighted by atomic mass is 10.2. The fraction of sp³-hybridized carbons (Fsp3) is 0.500. The Morgan fingerprint density at radius 1 is 0.960 bits per heavy atom. The monoisotopic (exact) mass is 350 g/mol. The predicted octanol–water partition coefficient (Wildman–Crippen LogP) is 2.36. The number of benzene rings is 1. The number of para-hydroxylation sites is 2. The van der Waals surface area contributed by atoms with Gasteiger partial charge >= 0.3 is 11.9 Å². The molecule has 1 N–H and O–H groups in total. The molecule has 7 heteroatoms. The molecule has 7 nitrogen and oxygen atoms in total. The number of ether oxygens (including phenoxy) is 2. The zero-order valence-electron chi connectivity index (χ0n) is 15.0. The zero-order valence-corrected chi connectivity index (χ0v) is 15.0. The molecule has 0 radical (unpaired) electrons. The quantitative estimate of drug-likeness (QED) is 0.652. The summed E-state index contributed by atoms with van der Waals surface area (Å²) in [6.45, 7) is 6.32. The van der Waals surface area contributed by atoms with Gasteiger partial charge in [0, 0.05) is 20.0 Å². The van der Waals surface area contributed by atoms with Gasteiger partial charge in [-0.15, -0.1) is 0 Å². The number of hydrogen-bond donors (Lipinski definition) is 1. The molecule has 1 amide bonds. The van der Waals surface area contributed by atoms with Crippen molar-refractivity contribution in [1.29, 1.82) is 0 Å². The number of hydrogen-bond acceptors (Lipinski definition) is 6. The maximum atomic E-state index is 11.7. The van der Waals surface area contributed by atoms with Gasteiger partial charge in [0.15, 0.2) is 0 Å². The molecule has 138 valence electrons. The molecule has 0 aliphatic carbocycles. The van der Waals surface area contributed by atoms with Gasteiger partial charge in [-0.1, -0.05) is 12.1 Å². The number of carbonyl (C=O) groups is 3. The van der Waals surface area contributed by atoms with Crippen molar-refractivity contribution in [3.63, 3.8) is 0 Å². The van der Waals surface area contributed by atoms with Crippen molar-refractivity contribution in [2.24, 2.45) is 0 Å². The van der Waals surface area contributed by atoms with Gasteiger partial charge < -0.3 is 19.7 Å². The number of esters is 2. The fourth-order valence-electron chi connectivity index (χ4n) is 2.32. The Kier molecular flexibility index (Phi) is 9.06. The minimum absolute atomic E-state index is 0.186. The molecule has 0 saturated carbocycles. The first kappa shape index (κ1) is 20.5. The van der Waals surface area contributed by atoms with Gasteiger partial charge in [0.2, 0.25) is 5.91 Å². The third kappa shape index (κ3) is 7.69. The summed E-state index contributed by atoms with van der Waals surface area (Å²) in [6.07, 6.45) is 0.371. The highest BCUT2D eigenvalue weighted by Crippen LogP contribution is 2.26. The van der Waals surface area contributed by atoms with Crippen LogP contribution in [-0.4, -0.2) is 44.1 Å². The van der Waals surface area contributed by atoms with E-state index in [1.807, 2.05) is 23.1 Å². The van der Waals surface area contributed by atoms with Gasteiger partial charge in [-0.3, -0.25) is 14.4 Å². The summed E-state index contributed by atoms with van der Waals surface area (Å²) in [5.74, 6) is -0.801. The van der Waals surface area contributed by atoms with Crippen LogP contribution in [0.25, 0.3) is 0 Å². The van der Waals surface area contributed by atoms with Crippen LogP contribution in [0.15, 0.2) is 24.3 Å². The summed E-state index contributed by atoms with van der Waals surface area (Å²) in [5.41, 5.74) is 1.37. The van der Waals surface area contributed by atoms with Crippen LogP contribution < -0.4 is 10.2 Å². The topological polar surface area (TPSA) is 84.9 Å². The fourth-order valence-corrected chi connectivity index (χ4v) is 2.32. The van der Waals surface area contributed by atoms with Crippen LogP contribution in [-0.2, 0) is 23.9 Å². The number of carbonyl (C=O) groups excluding carboxylic acids is 3. The Bertz CT molecular complexity index is 567. The number of nitrogens with one attached hydrogen (secondary N) is 1. The van der Waals surface area contributed by atoms with Crippen LogP contribution in [0.5, 0.6) is 0 Å². The Morgan fingerprint density at radius 2 is 1.48 bits per heavy atom. The minimum atomic E-state index is -0.305. The van der Waals surface area contributed by atoms with Gasteiger partial charge in [0.1, 0.15) is 0 Å². The minimum Gasteiger partial charge on any atom is -0.466 e. The molecule has 0 heterocycles. The normalized spacial score (nSPS) is 10.0. The number of nitrogens with zero attached hydrogens (tertiary/aromatic N) is 1. The Labute approximate surface area is 148 Å². The highest BCUT2D eigenvalue weighted by Gasteiger charge is 2.16. The first-order chi connectivity index (χ1) is 12.0. The van der Waals surface area contributed by atoms with Gasteiger partial charge in [0.05, 0.1) is 37.4 Å². The van der Waals surface area contributed by atoms with Crippen molar-refractivity contribution in [2.45, 2.75) is 33.6 Å². The largest absolute Gasteiger partial charge is 0.466 e. The number of rotatable bonds is 10. The molecule has 0 bridgehead atoms. The van der Waals surface area contributed by atoms with Gasteiger partial charge in [-0.05, 0) is 26.0 Å². The molecule has 0 atom stereocenters. The van der Waals surface area contributed by atoms with E-state index >= 15 is 0 Å². The van der Waals surface area contributed by atoms with Crippen LogP contribution in [0.4, 0.5) is 11.4 Å². The Morgan fingerprint density at radius 3 is 1.96 bits per heavy atom. The third-order valence-electron chi connectivity index (χ3n) is 3.34. The third-order valence-corrected chi connectivity index (χ3v) is 3.34. The highest BCUT2D eigenvalue weighted by atomic mass is 16.5. The molecule has 0 fully saturated rings. The Hall–Kier alpha value is -2.57. The molecule has 1 aromatic carbocycles. The van der Waals surface area contributed by atoms with Crippen molar-refractivity contribution in [1.82, 2.24) is 0 Å². The van der Waals surface area contributed by atoms with Gasteiger partial charge in [-0.2, -0.15) is 0 Å². The molecule has 0 aliphatic rings. The predicted molar refractivity (Wildman–Crippen MR) is 95.5 cm³/mol. The van der Waals surface area contributed by atoms with E-state index in [1.165, 1.54) is 6.92 Å². The van der Waals surface area contributed by atoms with E-state index in [9.17, 15) is 14.4 Å². The molecule has 0 unspecified atom stereocenters. The van der Waals surface area contributed by atoms with E-state index < -0.39 is 0 Å². The van der Waals surface area contributed by atoms with Gasteiger partial charge in [-0.25, -0.2) is 0 Å². The summed E-state index contributed by atoms with van der Waals surface area (Å²) in [7, 11) is 0. The average molecular weight is 350 g/mol. The number of amides is 1. The molecule has 25 heavy (non-hydrogen) atoms. The van der Waals surface area contributed by atoms with E-state index in [0.717, 1.165) is 5.69 Å². The number of anilines is 2. The van der Waals surface area contributed by atoms with Crippen molar-refractivity contribution >= 4 is 29.2 Å². The smallest absolute Gasteiger partial charge is 0.307 e. The maximum Gasteiger partial charge on any atom is 0.307 e. The molecule has 1 aromatic rings. The second-order valence-electron chi connectivity index (χ2n) is 5.30. The Balaban J connectivity index is 2.90. The van der Waals surface area contributed by atoms with E-state index in [0.29, 0.717) is 32.0 Å². The second-order valence-corrected chi connectivity index (χ2v) is 5.30. The van der Waals surface area contributed by atoms with E-state index in [1.54, 1.807) is 19.9 Å². The van der Waals surface area contributed by atoms with Crippen molar-refractivity contribution < 1.29 is 23.9 Å². The summed E-state index contributed by atoms with van der Waals surface area (Å²) >= 11 is 0. The summed E-state index contributed by atoms with van der Waals surface area (Å²) < 4.78 is 9.92. The lowest BCUT2D eigenvalue weighted by Gasteiger charge is -2.26. The summed E-state index contributed by atoms with van der Waals surface area (Å²) in [6, 6.07) is 7.26. The van der Waals surface area contributed by atoms with Crippen LogP contribution in [0.2, 0.25) is 0 Å². The first-order valence-corrected chi connectivity index (χ1v) is 8.40. The van der Waals surface area contributed by atoms with Crippen LogP contribution in [0.1, 0.15) is 33.6 Å². The van der Waals surface area contributed by atoms with Crippen LogP contribution in [0.3, 0.4) is 0 Å². The van der Waals surface area contributed by atoms with E-state index in [2.05, 4.69) is 5.32 Å². The SMILES string of the molecule is CCOC(=O)CCN(CCC(=O)OCC)c1ccccc1NC(C)=O. The molecule has 0 spiro atoms. The van der Waals surface area contributed by atoms with E-state index in [4.69, 9.17) is 9.47 Å². The second kappa shape index (κ2) is 11.1. The molecule has 0 aliphatic heterocycles. The van der Waals surface area contributed by atoms with E-state index in [-0.39, 0.29) is 30.7 Å². The molecule has 0 aromatic heterocycles. The van der Waals surface area contributed by atoms with Crippen molar-refractivity contribution in [2.75, 3.05) is 36.5 Å². The lowest BCUT2D eigenvalue weighted by Crippen LogP contribution is -2.30. The highest BCUT2D eigenvalue weighted by molar-refractivity contribution is 5.92. The standard InChI is InChI=1S/C18H26N2O5/c1-4-24-17(22)10-12-20(13-11-18(23)25-5-2)16-9-7-6-8-15(16)19-14(3)21/h6-9H,4-5,10-13H2,1-3H3,(H,19,21). The lowest BCUT2D eigenvalue weighted by molar-refractivity contribution is -0.143. The molecular formula is C18H26N2O5. The van der Waals surface area contributed by atoms with Crippen molar-refractivity contribution in [3.8, 4) is 0 Å². The average Bonchev–Trinajstić information content (AvgIpc) is 2.56. The van der Waals surface area contributed by atoms with Crippen LogP contribution >= 0.6 is 0 Å². The zero-order chi connectivity index (χ0) is 18.7. The van der Waals surface area contributed by atoms with Crippen molar-refractivity contribution in [3.05, 3.63) is 24.3 Å². The first-order valence-electron chi connectivity index (χ1n) is 8.40. The summed E-state index contributed by atoms with van der Waals surface area (Å²) in [4.78, 5) is 36.6. The summed E-state index contributed by atoms with van der Waals surface area (Å²) in [5, 5.41) is 2.77.